The topological polar surface area (TPSA) is 39.2 Å². The Kier molecular flexibility index (Phi) is 2.73. The summed E-state index contributed by atoms with van der Waals surface area (Å²) < 4.78 is 5.52. The Labute approximate surface area is 96.1 Å². The Morgan fingerprint density at radius 1 is 1.19 bits per heavy atom. The van der Waals surface area contributed by atoms with Gasteiger partial charge in [-0.25, -0.2) is 0 Å². The second-order valence-corrected chi connectivity index (χ2v) is 4.09. The Morgan fingerprint density at radius 2 is 1.94 bits per heavy atom. The lowest BCUT2D eigenvalue weighted by atomic mass is 10.0. The highest BCUT2D eigenvalue weighted by atomic mass is 16.3. The number of benzene rings is 1. The van der Waals surface area contributed by atoms with Crippen molar-refractivity contribution in [3.8, 4) is 11.1 Å². The van der Waals surface area contributed by atoms with E-state index >= 15 is 0 Å². The molecule has 2 aromatic rings. The lowest BCUT2D eigenvalue weighted by molar-refractivity contribution is 0.505. The highest BCUT2D eigenvalue weighted by molar-refractivity contribution is 5.70. The maximum atomic E-state index is 6.00. The van der Waals surface area contributed by atoms with Gasteiger partial charge in [-0.3, -0.25) is 0 Å². The zero-order chi connectivity index (χ0) is 11.7. The maximum Gasteiger partial charge on any atom is 0.108 e. The van der Waals surface area contributed by atoms with Gasteiger partial charge in [0, 0.05) is 11.3 Å². The van der Waals surface area contributed by atoms with Gasteiger partial charge >= 0.3 is 0 Å². The maximum absolute atomic E-state index is 6.00. The van der Waals surface area contributed by atoms with Crippen molar-refractivity contribution in [2.45, 2.75) is 27.2 Å². The molecule has 16 heavy (non-hydrogen) atoms. The number of rotatable bonds is 2. The Morgan fingerprint density at radius 3 is 2.44 bits per heavy atom. The van der Waals surface area contributed by atoms with E-state index in [2.05, 4.69) is 25.1 Å². The van der Waals surface area contributed by atoms with E-state index in [1.807, 2.05) is 19.9 Å². The van der Waals surface area contributed by atoms with Gasteiger partial charge in [-0.05, 0) is 43.5 Å². The van der Waals surface area contributed by atoms with E-state index in [1.165, 1.54) is 5.56 Å². The van der Waals surface area contributed by atoms with Crippen molar-refractivity contribution in [1.29, 1.82) is 0 Å². The third kappa shape index (κ3) is 1.83. The van der Waals surface area contributed by atoms with E-state index < -0.39 is 0 Å². The molecule has 0 saturated heterocycles. The normalized spacial score (nSPS) is 10.7. The zero-order valence-electron chi connectivity index (χ0n) is 10.0. The van der Waals surface area contributed by atoms with E-state index in [1.54, 1.807) is 0 Å². The molecule has 1 aromatic carbocycles. The molecule has 0 aliphatic rings. The molecule has 2 heteroatoms. The van der Waals surface area contributed by atoms with Crippen molar-refractivity contribution in [3.05, 3.63) is 41.3 Å². The van der Waals surface area contributed by atoms with Crippen LogP contribution >= 0.6 is 0 Å². The van der Waals surface area contributed by atoms with Gasteiger partial charge in [0.25, 0.3) is 0 Å². The molecule has 1 heterocycles. The van der Waals surface area contributed by atoms with Crippen molar-refractivity contribution >= 4 is 5.69 Å². The summed E-state index contributed by atoms with van der Waals surface area (Å²) in [5.74, 6) is 1.88. The molecule has 0 amide bonds. The number of nitrogen functional groups attached to an aromatic ring is 1. The number of hydrogen-bond donors (Lipinski definition) is 1. The molecule has 84 valence electrons. The molecule has 0 atom stereocenters. The van der Waals surface area contributed by atoms with Crippen molar-refractivity contribution in [3.63, 3.8) is 0 Å². The highest BCUT2D eigenvalue weighted by Crippen LogP contribution is 2.29. The summed E-state index contributed by atoms with van der Waals surface area (Å²) in [6.07, 6.45) is 0.968. The van der Waals surface area contributed by atoms with Crippen LogP contribution in [0.1, 0.15) is 24.0 Å². The van der Waals surface area contributed by atoms with E-state index in [0.717, 1.165) is 34.8 Å². The molecule has 0 spiro atoms. The van der Waals surface area contributed by atoms with E-state index in [0.29, 0.717) is 0 Å². The first kappa shape index (κ1) is 10.8. The second-order valence-electron chi connectivity index (χ2n) is 4.09. The Balaban J connectivity index is 2.49. The lowest BCUT2D eigenvalue weighted by Gasteiger charge is -2.05. The fraction of sp³-hybridized carbons (Fsp3) is 0.286. The third-order valence-electron chi connectivity index (χ3n) is 2.88. The lowest BCUT2D eigenvalue weighted by Crippen LogP contribution is -1.93. The summed E-state index contributed by atoms with van der Waals surface area (Å²) >= 11 is 0. The summed E-state index contributed by atoms with van der Waals surface area (Å²) in [6, 6.07) is 8.27. The quantitative estimate of drug-likeness (QED) is 0.776. The van der Waals surface area contributed by atoms with E-state index in [4.69, 9.17) is 10.2 Å². The summed E-state index contributed by atoms with van der Waals surface area (Å²) in [5, 5.41) is 0. The van der Waals surface area contributed by atoms with Gasteiger partial charge in [-0.15, -0.1) is 0 Å². The number of nitrogens with two attached hydrogens (primary N) is 1. The first-order valence-corrected chi connectivity index (χ1v) is 5.57. The Bertz CT molecular complexity index is 511. The van der Waals surface area contributed by atoms with Gasteiger partial charge in [-0.1, -0.05) is 19.1 Å². The van der Waals surface area contributed by atoms with Crippen molar-refractivity contribution < 1.29 is 4.42 Å². The third-order valence-corrected chi connectivity index (χ3v) is 2.88. The van der Waals surface area contributed by atoms with Gasteiger partial charge in [0.05, 0.1) is 0 Å². The van der Waals surface area contributed by atoms with Crippen LogP contribution in [0, 0.1) is 13.8 Å². The van der Waals surface area contributed by atoms with Crippen LogP contribution in [0.15, 0.2) is 28.7 Å². The van der Waals surface area contributed by atoms with Crippen LogP contribution in [0.5, 0.6) is 0 Å². The van der Waals surface area contributed by atoms with Gasteiger partial charge in [-0.2, -0.15) is 0 Å². The Hall–Kier alpha value is -1.70. The van der Waals surface area contributed by atoms with Crippen LogP contribution in [0.3, 0.4) is 0 Å². The average Bonchev–Trinajstić information content (AvgIpc) is 2.58. The molecule has 2 N–H and O–H groups in total. The van der Waals surface area contributed by atoms with Crippen LogP contribution in [0.2, 0.25) is 0 Å². The van der Waals surface area contributed by atoms with Crippen LogP contribution in [-0.4, -0.2) is 0 Å². The van der Waals surface area contributed by atoms with Crippen molar-refractivity contribution in [2.75, 3.05) is 5.73 Å². The highest BCUT2D eigenvalue weighted by Gasteiger charge is 2.08. The van der Waals surface area contributed by atoms with Crippen LogP contribution in [0.25, 0.3) is 11.1 Å². The molecule has 0 bridgehead atoms. The summed E-state index contributed by atoms with van der Waals surface area (Å²) in [4.78, 5) is 0. The largest absolute Gasteiger partial charge is 0.466 e. The predicted octanol–water partition coefficient (Wildman–Crippen LogP) is 3.71. The molecule has 2 rings (SSSR count). The average molecular weight is 215 g/mol. The summed E-state index contributed by atoms with van der Waals surface area (Å²) in [7, 11) is 0. The summed E-state index contributed by atoms with van der Waals surface area (Å²) in [5.41, 5.74) is 10.3. The molecule has 0 radical (unpaired) electrons. The van der Waals surface area contributed by atoms with Gasteiger partial charge < -0.3 is 10.2 Å². The first-order chi connectivity index (χ1) is 7.61. The smallest absolute Gasteiger partial charge is 0.108 e. The van der Waals surface area contributed by atoms with E-state index in [9.17, 15) is 0 Å². The monoisotopic (exact) mass is 215 g/mol. The molecule has 0 aliphatic carbocycles. The van der Waals surface area contributed by atoms with Crippen LogP contribution in [-0.2, 0) is 6.42 Å². The number of hydrogen-bond acceptors (Lipinski definition) is 2. The molecular formula is C14H17NO. The second kappa shape index (κ2) is 4.05. The molecule has 0 saturated carbocycles. The van der Waals surface area contributed by atoms with Gasteiger partial charge in [0.15, 0.2) is 0 Å². The van der Waals surface area contributed by atoms with Crippen molar-refractivity contribution in [1.82, 2.24) is 0 Å². The standard InChI is InChI=1S/C14H17NO/c1-4-11-5-6-12(8-14(11)15)13-7-9(2)16-10(13)3/h5-8H,4,15H2,1-3H3. The van der Waals surface area contributed by atoms with Crippen LogP contribution in [0.4, 0.5) is 5.69 Å². The molecule has 2 nitrogen and oxygen atoms in total. The predicted molar refractivity (Wildman–Crippen MR) is 67.4 cm³/mol. The molecular weight excluding hydrogens is 198 g/mol. The molecule has 0 fully saturated rings. The van der Waals surface area contributed by atoms with Gasteiger partial charge in [0.1, 0.15) is 11.5 Å². The SMILES string of the molecule is CCc1ccc(-c2cc(C)oc2C)cc1N. The number of furan rings is 1. The number of anilines is 1. The fourth-order valence-electron chi connectivity index (χ4n) is 2.00. The fourth-order valence-corrected chi connectivity index (χ4v) is 2.00. The molecule has 0 aliphatic heterocycles. The summed E-state index contributed by atoms with van der Waals surface area (Å²) in [6.45, 7) is 6.05. The first-order valence-electron chi connectivity index (χ1n) is 5.57. The minimum Gasteiger partial charge on any atom is -0.466 e. The minimum atomic E-state index is 0.859. The number of aryl methyl sites for hydroxylation is 3. The van der Waals surface area contributed by atoms with Crippen LogP contribution < -0.4 is 5.73 Å². The van der Waals surface area contributed by atoms with E-state index in [-0.39, 0.29) is 0 Å². The zero-order valence-corrected chi connectivity index (χ0v) is 10.0. The van der Waals surface area contributed by atoms with Crippen molar-refractivity contribution in [2.24, 2.45) is 0 Å². The van der Waals surface area contributed by atoms with Gasteiger partial charge in [0.2, 0.25) is 0 Å². The minimum absolute atomic E-state index is 0.859. The molecule has 0 unspecified atom stereocenters. The molecule has 1 aromatic heterocycles.